The van der Waals surface area contributed by atoms with Gasteiger partial charge in [-0.2, -0.15) is 0 Å². The topological polar surface area (TPSA) is 66.4 Å². The molecule has 0 fully saturated rings. The molecule has 0 heterocycles. The smallest absolute Gasteiger partial charge is 0.326 e. The lowest BCUT2D eigenvalue weighted by Gasteiger charge is -2.13. The second-order valence-electron chi connectivity index (χ2n) is 3.53. The summed E-state index contributed by atoms with van der Waals surface area (Å²) in [6, 6.07) is 3.23. The van der Waals surface area contributed by atoms with Crippen molar-refractivity contribution in [2.75, 3.05) is 0 Å². The minimum Gasteiger partial charge on any atom is -0.480 e. The van der Waals surface area contributed by atoms with Gasteiger partial charge in [-0.15, -0.1) is 0 Å². The van der Waals surface area contributed by atoms with E-state index in [4.69, 9.17) is 5.11 Å². The number of rotatable bonds is 4. The van der Waals surface area contributed by atoms with Gasteiger partial charge < -0.3 is 10.4 Å². The van der Waals surface area contributed by atoms with Crippen LogP contribution in [-0.4, -0.2) is 23.0 Å². The molecule has 92 valence electrons. The summed E-state index contributed by atoms with van der Waals surface area (Å²) >= 11 is 3.11. The van der Waals surface area contributed by atoms with Gasteiger partial charge in [0.25, 0.3) is 0 Å². The number of nitrogens with one attached hydrogen (secondary N) is 1. The normalized spacial score (nSPS) is 11.9. The molecule has 1 rings (SSSR count). The van der Waals surface area contributed by atoms with Gasteiger partial charge >= 0.3 is 5.97 Å². The molecule has 0 radical (unpaired) electrons. The monoisotopic (exact) mass is 303 g/mol. The number of hydrogen-bond acceptors (Lipinski definition) is 2. The Morgan fingerprint density at radius 1 is 1.53 bits per heavy atom. The van der Waals surface area contributed by atoms with E-state index in [0.717, 1.165) is 0 Å². The molecule has 0 bridgehead atoms. The maximum Gasteiger partial charge on any atom is 0.326 e. The highest BCUT2D eigenvalue weighted by molar-refractivity contribution is 9.10. The molecule has 0 aliphatic carbocycles. The van der Waals surface area contributed by atoms with Crippen molar-refractivity contribution < 1.29 is 19.1 Å². The van der Waals surface area contributed by atoms with Crippen LogP contribution in [-0.2, 0) is 16.0 Å². The van der Waals surface area contributed by atoms with E-state index < -0.39 is 23.7 Å². The molecule has 1 atom stereocenters. The zero-order valence-electron chi connectivity index (χ0n) is 9.04. The van der Waals surface area contributed by atoms with Gasteiger partial charge in [0.2, 0.25) is 5.91 Å². The summed E-state index contributed by atoms with van der Waals surface area (Å²) < 4.78 is 14.1. The summed E-state index contributed by atoms with van der Waals surface area (Å²) in [5.41, 5.74) is 0.245. The molecule has 1 aromatic carbocycles. The highest BCUT2D eigenvalue weighted by Crippen LogP contribution is 2.16. The molecule has 6 heteroatoms. The molecule has 4 nitrogen and oxygen atoms in total. The summed E-state index contributed by atoms with van der Waals surface area (Å²) in [6.07, 6.45) is -0.0893. The lowest BCUT2D eigenvalue weighted by molar-refractivity contribution is -0.141. The third-order valence-electron chi connectivity index (χ3n) is 2.11. The van der Waals surface area contributed by atoms with E-state index >= 15 is 0 Å². The molecule has 0 spiro atoms. The Bertz CT molecular complexity index is 450. The van der Waals surface area contributed by atoms with Crippen molar-refractivity contribution in [3.8, 4) is 0 Å². The van der Waals surface area contributed by atoms with Gasteiger partial charge in [0, 0.05) is 17.8 Å². The number of carboxylic acids is 1. The van der Waals surface area contributed by atoms with E-state index in [1.165, 1.54) is 19.1 Å². The fourth-order valence-electron chi connectivity index (χ4n) is 1.35. The van der Waals surface area contributed by atoms with Crippen LogP contribution in [0.25, 0.3) is 0 Å². The maximum absolute atomic E-state index is 13.5. The van der Waals surface area contributed by atoms with Gasteiger partial charge in [-0.25, -0.2) is 9.18 Å². The van der Waals surface area contributed by atoms with Crippen molar-refractivity contribution in [3.63, 3.8) is 0 Å². The molecule has 1 amide bonds. The van der Waals surface area contributed by atoms with Crippen molar-refractivity contribution in [1.82, 2.24) is 5.32 Å². The average molecular weight is 304 g/mol. The molecule has 17 heavy (non-hydrogen) atoms. The zero-order chi connectivity index (χ0) is 13.0. The SMILES string of the molecule is CC(=O)NC(Cc1ccc(Br)cc1F)C(=O)O. The van der Waals surface area contributed by atoms with E-state index in [2.05, 4.69) is 21.2 Å². The molecular weight excluding hydrogens is 293 g/mol. The van der Waals surface area contributed by atoms with Gasteiger partial charge in [0.15, 0.2) is 0 Å². The Morgan fingerprint density at radius 3 is 2.65 bits per heavy atom. The van der Waals surface area contributed by atoms with E-state index in [9.17, 15) is 14.0 Å². The van der Waals surface area contributed by atoms with Crippen LogP contribution >= 0.6 is 15.9 Å². The van der Waals surface area contributed by atoms with Gasteiger partial charge in [0.05, 0.1) is 0 Å². The Kier molecular flexibility index (Phi) is 4.62. The minimum absolute atomic E-state index is 0.0893. The van der Waals surface area contributed by atoms with Crippen LogP contribution in [0.2, 0.25) is 0 Å². The molecule has 1 unspecified atom stereocenters. The van der Waals surface area contributed by atoms with E-state index in [0.29, 0.717) is 4.47 Å². The number of amides is 1. The molecule has 0 saturated heterocycles. The first-order chi connectivity index (χ1) is 7.90. The van der Waals surface area contributed by atoms with Gasteiger partial charge in [-0.05, 0) is 17.7 Å². The quantitative estimate of drug-likeness (QED) is 0.890. The van der Waals surface area contributed by atoms with Crippen LogP contribution in [0.4, 0.5) is 4.39 Å². The molecule has 1 aromatic rings. The van der Waals surface area contributed by atoms with E-state index in [1.807, 2.05) is 0 Å². The van der Waals surface area contributed by atoms with Crippen LogP contribution in [0.1, 0.15) is 12.5 Å². The number of hydrogen-bond donors (Lipinski definition) is 2. The summed E-state index contributed by atoms with van der Waals surface area (Å²) in [7, 11) is 0. The van der Waals surface area contributed by atoms with Gasteiger partial charge in [0.1, 0.15) is 11.9 Å². The minimum atomic E-state index is -1.19. The van der Waals surface area contributed by atoms with Crippen molar-refractivity contribution in [1.29, 1.82) is 0 Å². The lowest BCUT2D eigenvalue weighted by Crippen LogP contribution is -2.41. The standard InChI is InChI=1S/C11H11BrFNO3/c1-6(15)14-10(11(16)17)4-7-2-3-8(12)5-9(7)13/h2-3,5,10H,4H2,1H3,(H,14,15)(H,16,17). The Balaban J connectivity index is 2.86. The largest absolute Gasteiger partial charge is 0.480 e. The van der Waals surface area contributed by atoms with Crippen molar-refractivity contribution in [2.45, 2.75) is 19.4 Å². The predicted octanol–water partition coefficient (Wildman–Crippen LogP) is 1.72. The van der Waals surface area contributed by atoms with Crippen molar-refractivity contribution in [2.24, 2.45) is 0 Å². The molecule has 0 aromatic heterocycles. The van der Waals surface area contributed by atoms with E-state index in [-0.39, 0.29) is 12.0 Å². The molecular formula is C11H11BrFNO3. The highest BCUT2D eigenvalue weighted by atomic mass is 79.9. The lowest BCUT2D eigenvalue weighted by atomic mass is 10.1. The molecule has 0 aliphatic rings. The summed E-state index contributed by atoms with van der Waals surface area (Å²) in [5, 5.41) is 11.1. The number of halogens is 2. The second kappa shape index (κ2) is 5.77. The fourth-order valence-corrected chi connectivity index (χ4v) is 1.69. The maximum atomic E-state index is 13.5. The first kappa shape index (κ1) is 13.6. The van der Waals surface area contributed by atoms with E-state index in [1.54, 1.807) is 6.07 Å². The fraction of sp³-hybridized carbons (Fsp3) is 0.273. The molecule has 2 N–H and O–H groups in total. The van der Waals surface area contributed by atoms with Crippen LogP contribution in [0.5, 0.6) is 0 Å². The number of carbonyl (C=O) groups is 2. The molecule has 0 saturated carbocycles. The third kappa shape index (κ3) is 4.14. The summed E-state index contributed by atoms with van der Waals surface area (Å²) in [6.45, 7) is 1.22. The van der Waals surface area contributed by atoms with Crippen LogP contribution in [0, 0.1) is 5.82 Å². The first-order valence-electron chi connectivity index (χ1n) is 4.84. The Labute approximate surface area is 106 Å². The molecule has 0 aliphatic heterocycles. The van der Waals surface area contributed by atoms with Crippen LogP contribution in [0.15, 0.2) is 22.7 Å². The first-order valence-corrected chi connectivity index (χ1v) is 5.63. The van der Waals surface area contributed by atoms with Crippen molar-refractivity contribution in [3.05, 3.63) is 34.1 Å². The third-order valence-corrected chi connectivity index (χ3v) is 2.61. The second-order valence-corrected chi connectivity index (χ2v) is 4.45. The summed E-state index contributed by atoms with van der Waals surface area (Å²) in [5.74, 6) is -2.16. The average Bonchev–Trinajstić information content (AvgIpc) is 2.19. The van der Waals surface area contributed by atoms with Crippen molar-refractivity contribution >= 4 is 27.8 Å². The number of carbonyl (C=O) groups excluding carboxylic acids is 1. The number of aliphatic carboxylic acids is 1. The summed E-state index contributed by atoms with van der Waals surface area (Å²) in [4.78, 5) is 21.7. The zero-order valence-corrected chi connectivity index (χ0v) is 10.6. The van der Waals surface area contributed by atoms with Crippen LogP contribution in [0.3, 0.4) is 0 Å². The van der Waals surface area contributed by atoms with Gasteiger partial charge in [-0.3, -0.25) is 4.79 Å². The predicted molar refractivity (Wildman–Crippen MR) is 63.0 cm³/mol. The Morgan fingerprint density at radius 2 is 2.18 bits per heavy atom. The number of carboxylic acid groups (broad SMARTS) is 1. The van der Waals surface area contributed by atoms with Crippen LogP contribution < -0.4 is 5.32 Å². The number of benzene rings is 1. The Hall–Kier alpha value is -1.43. The highest BCUT2D eigenvalue weighted by Gasteiger charge is 2.20. The van der Waals surface area contributed by atoms with Gasteiger partial charge in [-0.1, -0.05) is 22.0 Å².